The fourth-order valence-corrected chi connectivity index (χ4v) is 1.58. The van der Waals surface area contributed by atoms with E-state index in [0.717, 1.165) is 5.52 Å². The maximum atomic E-state index is 10.6. The zero-order chi connectivity index (χ0) is 11.1. The van der Waals surface area contributed by atoms with E-state index < -0.39 is 4.92 Å². The van der Waals surface area contributed by atoms with Gasteiger partial charge in [-0.1, -0.05) is 0 Å². The van der Waals surface area contributed by atoms with Gasteiger partial charge in [0, 0.05) is 12.1 Å². The molecule has 2 aromatic heterocycles. The standard InChI is InChI=1S/C9H5N5O2/c15-14(16)6-1-2-8-7(3-6)10-4-9-12-11-5-13(8)9/h1-5H. The molecule has 0 radical (unpaired) electrons. The van der Waals surface area contributed by atoms with Crippen molar-refractivity contribution in [3.05, 3.63) is 40.8 Å². The third-order valence-corrected chi connectivity index (χ3v) is 2.32. The first kappa shape index (κ1) is 8.72. The molecule has 0 aliphatic carbocycles. The van der Waals surface area contributed by atoms with E-state index in [0.29, 0.717) is 11.2 Å². The monoisotopic (exact) mass is 215 g/mol. The molecule has 0 amide bonds. The van der Waals surface area contributed by atoms with Gasteiger partial charge in [-0.05, 0) is 6.07 Å². The molecule has 3 aromatic rings. The lowest BCUT2D eigenvalue weighted by molar-refractivity contribution is -0.384. The normalized spacial score (nSPS) is 11.0. The highest BCUT2D eigenvalue weighted by atomic mass is 16.6. The minimum atomic E-state index is -0.447. The van der Waals surface area contributed by atoms with Crippen LogP contribution in [0.3, 0.4) is 0 Å². The Morgan fingerprint density at radius 2 is 2.25 bits per heavy atom. The highest BCUT2D eigenvalue weighted by Crippen LogP contribution is 2.19. The summed E-state index contributed by atoms with van der Waals surface area (Å²) in [7, 11) is 0. The fourth-order valence-electron chi connectivity index (χ4n) is 1.58. The van der Waals surface area contributed by atoms with Gasteiger partial charge in [0.1, 0.15) is 6.33 Å². The van der Waals surface area contributed by atoms with Crippen molar-refractivity contribution in [1.82, 2.24) is 19.6 Å². The zero-order valence-electron chi connectivity index (χ0n) is 7.94. The molecule has 0 aliphatic heterocycles. The molecular weight excluding hydrogens is 210 g/mol. The molecule has 7 heteroatoms. The summed E-state index contributed by atoms with van der Waals surface area (Å²) in [5, 5.41) is 18.2. The van der Waals surface area contributed by atoms with Gasteiger partial charge in [0.05, 0.1) is 22.2 Å². The number of hydrogen-bond acceptors (Lipinski definition) is 5. The van der Waals surface area contributed by atoms with Gasteiger partial charge in [-0.25, -0.2) is 0 Å². The van der Waals surface area contributed by atoms with Crippen LogP contribution in [0.2, 0.25) is 0 Å². The lowest BCUT2D eigenvalue weighted by atomic mass is 10.2. The molecule has 1 aromatic carbocycles. The minimum Gasteiger partial charge on any atom is -0.279 e. The Morgan fingerprint density at radius 1 is 1.38 bits per heavy atom. The summed E-state index contributed by atoms with van der Waals surface area (Å²) < 4.78 is 1.73. The predicted octanol–water partition coefficient (Wildman–Crippen LogP) is 1.19. The van der Waals surface area contributed by atoms with Crippen molar-refractivity contribution in [1.29, 1.82) is 0 Å². The summed E-state index contributed by atoms with van der Waals surface area (Å²) in [6.45, 7) is 0. The molecule has 78 valence electrons. The molecular formula is C9H5N5O2. The first-order valence-electron chi connectivity index (χ1n) is 4.48. The van der Waals surface area contributed by atoms with Crippen molar-refractivity contribution in [2.45, 2.75) is 0 Å². The fraction of sp³-hybridized carbons (Fsp3) is 0. The van der Waals surface area contributed by atoms with Crippen molar-refractivity contribution < 1.29 is 4.92 Å². The Hall–Kier alpha value is -2.57. The number of fused-ring (bicyclic) bond motifs is 3. The van der Waals surface area contributed by atoms with Crippen LogP contribution in [0.15, 0.2) is 30.7 Å². The van der Waals surface area contributed by atoms with Gasteiger partial charge in [0.2, 0.25) is 0 Å². The van der Waals surface area contributed by atoms with Crippen LogP contribution in [-0.4, -0.2) is 24.5 Å². The highest BCUT2D eigenvalue weighted by Gasteiger charge is 2.09. The zero-order valence-corrected chi connectivity index (χ0v) is 7.94. The minimum absolute atomic E-state index is 0.0208. The molecule has 0 saturated carbocycles. The van der Waals surface area contributed by atoms with Crippen LogP contribution in [0.5, 0.6) is 0 Å². The number of benzene rings is 1. The van der Waals surface area contributed by atoms with Gasteiger partial charge < -0.3 is 0 Å². The third kappa shape index (κ3) is 1.11. The van der Waals surface area contributed by atoms with Gasteiger partial charge in [-0.3, -0.25) is 19.5 Å². The Bertz CT molecular complexity index is 705. The molecule has 7 nitrogen and oxygen atoms in total. The van der Waals surface area contributed by atoms with Crippen LogP contribution >= 0.6 is 0 Å². The van der Waals surface area contributed by atoms with E-state index in [1.54, 1.807) is 16.8 Å². The molecule has 0 bridgehead atoms. The average Bonchev–Trinajstić information content (AvgIpc) is 2.76. The van der Waals surface area contributed by atoms with Gasteiger partial charge >= 0.3 is 0 Å². The summed E-state index contributed by atoms with van der Waals surface area (Å²) in [4.78, 5) is 14.3. The summed E-state index contributed by atoms with van der Waals surface area (Å²) in [5.41, 5.74) is 1.92. The average molecular weight is 215 g/mol. The molecule has 0 fully saturated rings. The third-order valence-electron chi connectivity index (χ3n) is 2.32. The van der Waals surface area contributed by atoms with Crippen LogP contribution in [0.1, 0.15) is 0 Å². The van der Waals surface area contributed by atoms with Crippen molar-refractivity contribution in [3.63, 3.8) is 0 Å². The molecule has 3 rings (SSSR count). The molecule has 0 N–H and O–H groups in total. The summed E-state index contributed by atoms with van der Waals surface area (Å²) in [6.07, 6.45) is 3.07. The number of non-ortho nitro benzene ring substituents is 1. The van der Waals surface area contributed by atoms with E-state index in [1.165, 1.54) is 18.3 Å². The van der Waals surface area contributed by atoms with E-state index in [4.69, 9.17) is 0 Å². The first-order valence-corrected chi connectivity index (χ1v) is 4.48. The largest absolute Gasteiger partial charge is 0.279 e. The number of rotatable bonds is 1. The number of nitrogens with zero attached hydrogens (tertiary/aromatic N) is 5. The molecule has 0 unspecified atom stereocenters. The Kier molecular flexibility index (Phi) is 1.61. The first-order chi connectivity index (χ1) is 7.75. The number of nitro benzene ring substituents is 1. The van der Waals surface area contributed by atoms with Gasteiger partial charge in [0.15, 0.2) is 5.65 Å². The summed E-state index contributed by atoms with van der Waals surface area (Å²) in [5.74, 6) is 0. The van der Waals surface area contributed by atoms with E-state index in [1.807, 2.05) is 0 Å². The highest BCUT2D eigenvalue weighted by molar-refractivity contribution is 5.79. The van der Waals surface area contributed by atoms with Crippen LogP contribution < -0.4 is 0 Å². The quantitative estimate of drug-likeness (QED) is 0.449. The van der Waals surface area contributed by atoms with Crippen LogP contribution in [-0.2, 0) is 0 Å². The van der Waals surface area contributed by atoms with E-state index in [9.17, 15) is 10.1 Å². The van der Waals surface area contributed by atoms with Gasteiger partial charge in [0.25, 0.3) is 5.69 Å². The second-order valence-corrected chi connectivity index (χ2v) is 3.25. The van der Waals surface area contributed by atoms with Crippen molar-refractivity contribution >= 4 is 22.4 Å². The second-order valence-electron chi connectivity index (χ2n) is 3.25. The topological polar surface area (TPSA) is 86.2 Å². The van der Waals surface area contributed by atoms with E-state index in [2.05, 4.69) is 15.2 Å². The predicted molar refractivity (Wildman–Crippen MR) is 54.9 cm³/mol. The SMILES string of the molecule is O=[N+]([O-])c1ccc2c(c1)ncc1nncn12. The van der Waals surface area contributed by atoms with Crippen molar-refractivity contribution in [2.75, 3.05) is 0 Å². The summed E-state index contributed by atoms with van der Waals surface area (Å²) in [6, 6.07) is 4.50. The second kappa shape index (κ2) is 2.96. The smallest absolute Gasteiger partial charge is 0.271 e. The number of nitro groups is 1. The molecule has 2 heterocycles. The Morgan fingerprint density at radius 3 is 3.06 bits per heavy atom. The van der Waals surface area contributed by atoms with Gasteiger partial charge in [-0.2, -0.15) is 0 Å². The van der Waals surface area contributed by atoms with Crippen molar-refractivity contribution in [3.8, 4) is 0 Å². The number of aromatic nitrogens is 4. The molecule has 0 spiro atoms. The Balaban J connectivity index is 2.41. The lowest BCUT2D eigenvalue weighted by Gasteiger charge is -1.99. The molecule has 0 atom stereocenters. The maximum absolute atomic E-state index is 10.6. The Labute approximate surface area is 88.5 Å². The summed E-state index contributed by atoms with van der Waals surface area (Å²) >= 11 is 0. The van der Waals surface area contributed by atoms with Crippen LogP contribution in [0, 0.1) is 10.1 Å². The molecule has 16 heavy (non-hydrogen) atoms. The van der Waals surface area contributed by atoms with E-state index >= 15 is 0 Å². The lowest BCUT2D eigenvalue weighted by Crippen LogP contribution is -1.92. The van der Waals surface area contributed by atoms with E-state index in [-0.39, 0.29) is 5.69 Å². The van der Waals surface area contributed by atoms with Crippen molar-refractivity contribution in [2.24, 2.45) is 0 Å². The van der Waals surface area contributed by atoms with Crippen LogP contribution in [0.25, 0.3) is 16.7 Å². The number of hydrogen-bond donors (Lipinski definition) is 0. The maximum Gasteiger partial charge on any atom is 0.271 e. The van der Waals surface area contributed by atoms with Crippen LogP contribution in [0.4, 0.5) is 5.69 Å². The molecule has 0 saturated heterocycles. The molecule has 0 aliphatic rings. The van der Waals surface area contributed by atoms with Gasteiger partial charge in [-0.15, -0.1) is 10.2 Å².